The van der Waals surface area contributed by atoms with Crippen LogP contribution >= 0.6 is 0 Å². The fourth-order valence-electron chi connectivity index (χ4n) is 3.18. The first-order valence-electron chi connectivity index (χ1n) is 8.84. The molecule has 3 N–H and O–H groups in total. The Morgan fingerprint density at radius 1 is 0.821 bits per heavy atom. The maximum Gasteiger partial charge on any atom is 0.638 e. The van der Waals surface area contributed by atoms with Crippen molar-refractivity contribution in [3.63, 3.8) is 0 Å². The summed E-state index contributed by atoms with van der Waals surface area (Å²) >= 11 is 0. The van der Waals surface area contributed by atoms with Crippen molar-refractivity contribution in [2.75, 3.05) is 5.32 Å². The van der Waals surface area contributed by atoms with Gasteiger partial charge in [-0.05, 0) is 22.8 Å². The Bertz CT molecular complexity index is 1150. The van der Waals surface area contributed by atoms with Gasteiger partial charge in [0.1, 0.15) is 0 Å². The second-order valence-electron chi connectivity index (χ2n) is 6.31. The fourth-order valence-corrected chi connectivity index (χ4v) is 3.18. The molecule has 0 bridgehead atoms. The number of rotatable bonds is 4. The fraction of sp³-hybridized carbons (Fsp3) is 0.0455. The minimum Gasteiger partial charge on any atom is -0.459 e. The van der Waals surface area contributed by atoms with Crippen molar-refractivity contribution < 1.29 is 24.1 Å². The maximum atomic E-state index is 12.6. The average molecular weight is 373 g/mol. The molecule has 0 atom stereocenters. The molecule has 0 saturated heterocycles. The zero-order valence-corrected chi connectivity index (χ0v) is 15.0. The Kier molecular flexibility index (Phi) is 4.60. The monoisotopic (exact) mass is 373 g/mol. The third kappa shape index (κ3) is 3.23. The largest absolute Gasteiger partial charge is 0.638 e. The van der Waals surface area contributed by atoms with Gasteiger partial charge in [0.2, 0.25) is 17.7 Å². The average Bonchev–Trinajstić information content (AvgIpc) is 2.73. The van der Waals surface area contributed by atoms with Crippen LogP contribution in [0.2, 0.25) is 0 Å². The molecule has 0 unspecified atom stereocenters. The van der Waals surface area contributed by atoms with Crippen LogP contribution in [-0.4, -0.2) is 16.1 Å². The summed E-state index contributed by atoms with van der Waals surface area (Å²) in [5.41, 5.74) is 1.81. The lowest BCUT2D eigenvalue weighted by molar-refractivity contribution is -0.774. The topological polar surface area (TPSA) is 77.3 Å². The predicted octanol–water partition coefficient (Wildman–Crippen LogP) is 2.45. The van der Waals surface area contributed by atoms with Crippen LogP contribution in [0.1, 0.15) is 0 Å². The number of nitrogens with one attached hydrogen (secondary N) is 1. The smallest absolute Gasteiger partial charge is 0.459 e. The second-order valence-corrected chi connectivity index (χ2v) is 6.31. The van der Waals surface area contributed by atoms with Gasteiger partial charge in [-0.15, -0.1) is 0 Å². The van der Waals surface area contributed by atoms with E-state index in [9.17, 15) is 15.0 Å². The summed E-state index contributed by atoms with van der Waals surface area (Å²) < 4.78 is 2.79. The molecule has 4 rings (SSSR count). The van der Waals surface area contributed by atoms with E-state index in [-0.39, 0.29) is 24.3 Å². The van der Waals surface area contributed by atoms with Crippen LogP contribution in [0.15, 0.2) is 84.9 Å². The molecule has 0 radical (unpaired) electrons. The molecule has 28 heavy (non-hydrogen) atoms. The number of nitrogens with zero attached hydrogens (tertiary/aromatic N) is 2. The number of aromatic hydroxyl groups is 2. The number of hydrogen-bond donors (Lipinski definition) is 3. The van der Waals surface area contributed by atoms with Crippen LogP contribution in [0.5, 0.6) is 11.9 Å². The van der Waals surface area contributed by atoms with Gasteiger partial charge in [-0.25, -0.2) is 0 Å². The highest BCUT2D eigenvalue weighted by Crippen LogP contribution is 2.22. The molecule has 1 amide bonds. The first-order chi connectivity index (χ1) is 13.6. The molecule has 6 heteroatoms. The Morgan fingerprint density at radius 2 is 1.43 bits per heavy atom. The molecule has 4 aromatic rings. The van der Waals surface area contributed by atoms with E-state index < -0.39 is 0 Å². The first-order valence-corrected chi connectivity index (χ1v) is 8.84. The van der Waals surface area contributed by atoms with Gasteiger partial charge in [0.15, 0.2) is 5.39 Å². The molecule has 0 aliphatic heterocycles. The van der Waals surface area contributed by atoms with Crippen LogP contribution in [0.4, 0.5) is 5.69 Å². The van der Waals surface area contributed by atoms with Crippen molar-refractivity contribution >= 4 is 22.5 Å². The van der Waals surface area contributed by atoms with Crippen molar-refractivity contribution in [1.82, 2.24) is 0 Å². The number of carbonyl (C=O) groups is 1. The van der Waals surface area contributed by atoms with Crippen molar-refractivity contribution in [3.05, 3.63) is 84.9 Å². The number of aromatic nitrogens is 2. The van der Waals surface area contributed by atoms with E-state index in [4.69, 9.17) is 0 Å². The standard InChI is InChI=1S/C22H17N3O3/c26-20(23-16-9-3-1-4-10-16)15-24-19-14-8-7-13-18(19)21(27)25(22(24)28)17-11-5-2-6-12-17/h1-14H,15H2,(H,23,26)/p+2. The Hall–Kier alpha value is -3.93. The molecular formula is C22H19N3O3+2. The van der Waals surface area contributed by atoms with E-state index in [1.807, 2.05) is 36.4 Å². The summed E-state index contributed by atoms with van der Waals surface area (Å²) in [6.45, 7) is -0.117. The Balaban J connectivity index is 1.82. The van der Waals surface area contributed by atoms with E-state index in [1.165, 1.54) is 9.13 Å². The van der Waals surface area contributed by atoms with Crippen LogP contribution < -0.4 is 14.5 Å². The quantitative estimate of drug-likeness (QED) is 0.481. The SMILES string of the molecule is O=C(C[n+]1c(O)[n+](-c2ccccc2)c(O)c2ccccc21)Nc1ccccc1. The van der Waals surface area contributed by atoms with Gasteiger partial charge in [0.25, 0.3) is 5.91 Å². The van der Waals surface area contributed by atoms with E-state index in [0.717, 1.165) is 0 Å². The Morgan fingerprint density at radius 3 is 2.14 bits per heavy atom. The zero-order valence-electron chi connectivity index (χ0n) is 15.0. The summed E-state index contributed by atoms with van der Waals surface area (Å²) in [6, 6.07) is 25.0. The summed E-state index contributed by atoms with van der Waals surface area (Å²) in [4.78, 5) is 12.6. The Labute approximate surface area is 161 Å². The zero-order chi connectivity index (χ0) is 19.5. The summed E-state index contributed by atoms with van der Waals surface area (Å²) in [6.07, 6.45) is 0. The molecular weight excluding hydrogens is 354 g/mol. The molecule has 3 aromatic carbocycles. The second kappa shape index (κ2) is 7.36. The number of anilines is 1. The van der Waals surface area contributed by atoms with Crippen LogP contribution in [0.3, 0.4) is 0 Å². The minimum atomic E-state index is -0.290. The van der Waals surface area contributed by atoms with Gasteiger partial charge in [-0.2, -0.15) is 0 Å². The lowest BCUT2D eigenvalue weighted by Gasteiger charge is -2.06. The molecule has 1 aromatic heterocycles. The molecule has 1 heterocycles. The maximum absolute atomic E-state index is 12.6. The van der Waals surface area contributed by atoms with Gasteiger partial charge in [0, 0.05) is 23.9 Å². The van der Waals surface area contributed by atoms with Gasteiger partial charge < -0.3 is 15.5 Å². The first kappa shape index (κ1) is 17.5. The number of para-hydroxylation sites is 3. The highest BCUT2D eigenvalue weighted by atomic mass is 16.3. The highest BCUT2D eigenvalue weighted by molar-refractivity contribution is 5.90. The predicted molar refractivity (Wildman–Crippen MR) is 104 cm³/mol. The van der Waals surface area contributed by atoms with Gasteiger partial charge in [-0.3, -0.25) is 4.79 Å². The van der Waals surface area contributed by atoms with E-state index in [1.54, 1.807) is 48.5 Å². The van der Waals surface area contributed by atoms with Gasteiger partial charge >= 0.3 is 11.9 Å². The minimum absolute atomic E-state index is 0.0981. The number of hydrogen-bond acceptors (Lipinski definition) is 3. The van der Waals surface area contributed by atoms with E-state index >= 15 is 0 Å². The third-order valence-corrected chi connectivity index (χ3v) is 4.46. The lowest BCUT2D eigenvalue weighted by Crippen LogP contribution is -2.49. The number of benzene rings is 3. The van der Waals surface area contributed by atoms with Crippen LogP contribution in [0.25, 0.3) is 16.6 Å². The normalized spacial score (nSPS) is 10.7. The van der Waals surface area contributed by atoms with Crippen molar-refractivity contribution in [3.8, 4) is 17.6 Å². The number of fused-ring (bicyclic) bond motifs is 1. The van der Waals surface area contributed by atoms with Crippen molar-refractivity contribution in [2.45, 2.75) is 6.54 Å². The number of amides is 1. The molecule has 138 valence electrons. The summed E-state index contributed by atoms with van der Waals surface area (Å²) in [5, 5.41) is 25.0. The van der Waals surface area contributed by atoms with Crippen LogP contribution in [-0.2, 0) is 11.3 Å². The molecule has 0 saturated carbocycles. The van der Waals surface area contributed by atoms with E-state index in [2.05, 4.69) is 5.32 Å². The van der Waals surface area contributed by atoms with Crippen molar-refractivity contribution in [1.29, 1.82) is 0 Å². The summed E-state index contributed by atoms with van der Waals surface area (Å²) in [7, 11) is 0. The molecule has 0 fully saturated rings. The third-order valence-electron chi connectivity index (χ3n) is 4.46. The number of carbonyl (C=O) groups excluding carboxylic acids is 1. The van der Waals surface area contributed by atoms with Gasteiger partial charge in [0.05, 0.1) is 0 Å². The van der Waals surface area contributed by atoms with Crippen molar-refractivity contribution in [2.24, 2.45) is 0 Å². The van der Waals surface area contributed by atoms with E-state index in [0.29, 0.717) is 22.3 Å². The van der Waals surface area contributed by atoms with Crippen LogP contribution in [0, 0.1) is 0 Å². The summed E-state index contributed by atoms with van der Waals surface area (Å²) in [5.74, 6) is -0.388. The molecule has 0 spiro atoms. The molecule has 0 aliphatic rings. The lowest BCUT2D eigenvalue weighted by atomic mass is 10.2. The van der Waals surface area contributed by atoms with Gasteiger partial charge in [-0.1, -0.05) is 53.1 Å². The highest BCUT2D eigenvalue weighted by Gasteiger charge is 2.36. The molecule has 0 aliphatic carbocycles. The molecule has 6 nitrogen and oxygen atoms in total.